The van der Waals surface area contributed by atoms with Gasteiger partial charge in [0.15, 0.2) is 0 Å². The molecule has 0 saturated heterocycles. The first-order valence-electron chi connectivity index (χ1n) is 8.89. The third kappa shape index (κ3) is 3.11. The lowest BCUT2D eigenvalue weighted by molar-refractivity contribution is 0.391. The lowest BCUT2D eigenvalue weighted by Gasteiger charge is -2.26. The van der Waals surface area contributed by atoms with Gasteiger partial charge in [-0.05, 0) is 23.5 Å². The number of hydrogen-bond donors (Lipinski definition) is 2. The van der Waals surface area contributed by atoms with Crippen LogP contribution in [-0.2, 0) is 6.42 Å². The van der Waals surface area contributed by atoms with Gasteiger partial charge in [0.2, 0.25) is 5.88 Å². The van der Waals surface area contributed by atoms with Gasteiger partial charge in [-0.25, -0.2) is 0 Å². The van der Waals surface area contributed by atoms with E-state index in [2.05, 4.69) is 24.9 Å². The van der Waals surface area contributed by atoms with Crippen LogP contribution in [-0.4, -0.2) is 4.98 Å². The number of pyridine rings is 1. The second-order valence-electron chi connectivity index (χ2n) is 6.90. The van der Waals surface area contributed by atoms with E-state index in [9.17, 15) is 10.1 Å². The lowest BCUT2D eigenvalue weighted by atomic mass is 9.83. The highest BCUT2D eigenvalue weighted by Gasteiger charge is 2.33. The van der Waals surface area contributed by atoms with E-state index in [1.54, 1.807) is 0 Å². The lowest BCUT2D eigenvalue weighted by Crippen LogP contribution is -2.28. The van der Waals surface area contributed by atoms with Crippen molar-refractivity contribution in [3.8, 4) is 11.8 Å². The third-order valence-electron chi connectivity index (χ3n) is 4.73. The van der Waals surface area contributed by atoms with Crippen molar-refractivity contribution in [2.24, 2.45) is 5.73 Å². The molecule has 0 spiro atoms. The van der Waals surface area contributed by atoms with Crippen molar-refractivity contribution in [2.75, 3.05) is 0 Å². The molecule has 1 aromatic carbocycles. The molecule has 2 heterocycles. The smallest absolute Gasteiger partial charge is 0.256 e. The van der Waals surface area contributed by atoms with Crippen LogP contribution >= 0.6 is 0 Å². The number of benzene rings is 1. The van der Waals surface area contributed by atoms with Crippen LogP contribution in [0.1, 0.15) is 61.4 Å². The molecule has 0 fully saturated rings. The summed E-state index contributed by atoms with van der Waals surface area (Å²) in [7, 11) is 0. The molecule has 5 nitrogen and oxygen atoms in total. The van der Waals surface area contributed by atoms with Crippen LogP contribution < -0.4 is 16.0 Å². The Hall–Kier alpha value is -3.00. The van der Waals surface area contributed by atoms with Crippen molar-refractivity contribution in [3.05, 3.63) is 74.5 Å². The molecular formula is C21H23N3O2. The Morgan fingerprint density at radius 3 is 2.58 bits per heavy atom. The number of nitrogens with two attached hydrogens (primary N) is 1. The zero-order valence-corrected chi connectivity index (χ0v) is 15.3. The van der Waals surface area contributed by atoms with Gasteiger partial charge in [0, 0.05) is 11.8 Å². The number of fused-ring (bicyclic) bond motifs is 1. The van der Waals surface area contributed by atoms with E-state index in [0.29, 0.717) is 17.2 Å². The van der Waals surface area contributed by atoms with Gasteiger partial charge in [-0.3, -0.25) is 4.79 Å². The van der Waals surface area contributed by atoms with Gasteiger partial charge in [-0.1, -0.05) is 51.5 Å². The Labute approximate surface area is 153 Å². The minimum Gasteiger partial charge on any atom is -0.440 e. The van der Waals surface area contributed by atoms with Crippen molar-refractivity contribution in [1.29, 1.82) is 5.26 Å². The molecule has 1 aliphatic rings. The fourth-order valence-electron chi connectivity index (χ4n) is 3.35. The topological polar surface area (TPSA) is 91.9 Å². The molecule has 1 aromatic heterocycles. The molecule has 0 radical (unpaired) electrons. The maximum atomic E-state index is 12.8. The van der Waals surface area contributed by atoms with E-state index < -0.39 is 5.92 Å². The van der Waals surface area contributed by atoms with Gasteiger partial charge < -0.3 is 15.5 Å². The van der Waals surface area contributed by atoms with Crippen LogP contribution in [0.5, 0.6) is 5.75 Å². The first-order chi connectivity index (χ1) is 12.5. The Morgan fingerprint density at radius 2 is 2.00 bits per heavy atom. The molecule has 134 valence electrons. The van der Waals surface area contributed by atoms with E-state index in [4.69, 9.17) is 10.5 Å². The van der Waals surface area contributed by atoms with Crippen molar-refractivity contribution < 1.29 is 4.74 Å². The van der Waals surface area contributed by atoms with Crippen LogP contribution in [0.15, 0.2) is 46.6 Å². The maximum Gasteiger partial charge on any atom is 0.256 e. The number of rotatable bonds is 4. The van der Waals surface area contributed by atoms with E-state index >= 15 is 0 Å². The number of hydrogen-bond acceptors (Lipinski definition) is 4. The van der Waals surface area contributed by atoms with E-state index in [0.717, 1.165) is 24.1 Å². The molecule has 5 heteroatoms. The van der Waals surface area contributed by atoms with E-state index in [-0.39, 0.29) is 17.0 Å². The average molecular weight is 349 g/mol. The Bertz CT molecular complexity index is 947. The maximum absolute atomic E-state index is 12.8. The Morgan fingerprint density at radius 1 is 1.31 bits per heavy atom. The van der Waals surface area contributed by atoms with E-state index in [1.807, 2.05) is 37.3 Å². The monoisotopic (exact) mass is 349 g/mol. The Balaban J connectivity index is 2.17. The summed E-state index contributed by atoms with van der Waals surface area (Å²) in [6.45, 7) is 6.29. The zero-order chi connectivity index (χ0) is 18.8. The highest BCUT2D eigenvalue weighted by molar-refractivity contribution is 5.55. The van der Waals surface area contributed by atoms with Gasteiger partial charge in [0.25, 0.3) is 5.56 Å². The molecule has 2 aromatic rings. The first kappa shape index (κ1) is 17.8. The fraction of sp³-hybridized carbons (Fsp3) is 0.333. The van der Waals surface area contributed by atoms with Gasteiger partial charge >= 0.3 is 0 Å². The quantitative estimate of drug-likeness (QED) is 0.881. The molecule has 0 aliphatic carbocycles. The van der Waals surface area contributed by atoms with Crippen molar-refractivity contribution in [1.82, 2.24) is 4.98 Å². The number of aryl methyl sites for hydroxylation is 1. The minimum atomic E-state index is -0.524. The summed E-state index contributed by atoms with van der Waals surface area (Å²) < 4.78 is 5.63. The van der Waals surface area contributed by atoms with Crippen molar-refractivity contribution in [2.45, 2.75) is 45.4 Å². The number of aromatic amines is 1. The molecule has 1 atom stereocenters. The van der Waals surface area contributed by atoms with Crippen LogP contribution in [0.3, 0.4) is 0 Å². The molecule has 0 amide bonds. The number of allylic oxidation sites excluding steroid dienone is 1. The Kier molecular flexibility index (Phi) is 4.85. The summed E-state index contributed by atoms with van der Waals surface area (Å²) in [5, 5.41) is 9.61. The number of H-pyrrole nitrogens is 1. The molecule has 0 bridgehead atoms. The molecule has 1 unspecified atom stereocenters. The highest BCUT2D eigenvalue weighted by atomic mass is 16.5. The van der Waals surface area contributed by atoms with Crippen LogP contribution in [0.2, 0.25) is 0 Å². The summed E-state index contributed by atoms with van der Waals surface area (Å²) in [6.07, 6.45) is 1.65. The summed E-state index contributed by atoms with van der Waals surface area (Å²) >= 11 is 0. The number of nitrogens with zero attached hydrogens (tertiary/aromatic N) is 1. The largest absolute Gasteiger partial charge is 0.440 e. The summed E-state index contributed by atoms with van der Waals surface area (Å²) in [6, 6.07) is 11.9. The summed E-state index contributed by atoms with van der Waals surface area (Å²) in [5.41, 5.74) is 9.34. The molecule has 0 saturated carbocycles. The SMILES string of the molecule is CCCc1cc2c(c(=O)[nH]1)C(c1ccc(C(C)C)cc1)C(C#N)=C(N)O2. The van der Waals surface area contributed by atoms with Crippen molar-refractivity contribution >= 4 is 0 Å². The average Bonchev–Trinajstić information content (AvgIpc) is 2.61. The van der Waals surface area contributed by atoms with E-state index in [1.165, 1.54) is 5.56 Å². The van der Waals surface area contributed by atoms with Crippen molar-refractivity contribution in [3.63, 3.8) is 0 Å². The molecule has 1 aliphatic heterocycles. The summed E-state index contributed by atoms with van der Waals surface area (Å²) in [5.74, 6) is 0.379. The van der Waals surface area contributed by atoms with Gasteiger partial charge in [0.05, 0.1) is 11.5 Å². The first-order valence-corrected chi connectivity index (χ1v) is 8.89. The predicted octanol–water partition coefficient (Wildman–Crippen LogP) is 3.67. The zero-order valence-electron chi connectivity index (χ0n) is 15.3. The van der Waals surface area contributed by atoms with Crippen LogP contribution in [0, 0.1) is 11.3 Å². The molecular weight excluding hydrogens is 326 g/mol. The second-order valence-corrected chi connectivity index (χ2v) is 6.90. The number of aromatic nitrogens is 1. The minimum absolute atomic E-state index is 0.0611. The van der Waals surface area contributed by atoms with Gasteiger partial charge in [-0.2, -0.15) is 5.26 Å². The van der Waals surface area contributed by atoms with Gasteiger partial charge in [0.1, 0.15) is 17.4 Å². The standard InChI is InChI=1S/C21H23N3O2/c1-4-5-15-10-17-19(21(25)24-15)18(16(11-22)20(23)26-17)14-8-6-13(7-9-14)12(2)3/h6-10,12,18H,4-5,23H2,1-3H3,(H,24,25). The molecule has 3 rings (SSSR count). The highest BCUT2D eigenvalue weighted by Crippen LogP contribution is 2.40. The third-order valence-corrected chi connectivity index (χ3v) is 4.73. The van der Waals surface area contributed by atoms with Crippen LogP contribution in [0.25, 0.3) is 0 Å². The molecule has 26 heavy (non-hydrogen) atoms. The summed E-state index contributed by atoms with van der Waals surface area (Å²) in [4.78, 5) is 15.7. The normalized spacial score (nSPS) is 16.2. The van der Waals surface area contributed by atoms with Gasteiger partial charge in [-0.15, -0.1) is 0 Å². The predicted molar refractivity (Wildman–Crippen MR) is 101 cm³/mol. The molecule has 3 N–H and O–H groups in total. The van der Waals surface area contributed by atoms with Crippen LogP contribution in [0.4, 0.5) is 0 Å². The number of ether oxygens (including phenoxy) is 1. The number of nitriles is 1. The second kappa shape index (κ2) is 7.09. The number of nitrogens with one attached hydrogen (secondary N) is 1. The fourth-order valence-corrected chi connectivity index (χ4v) is 3.35.